The van der Waals surface area contributed by atoms with Gasteiger partial charge in [-0.1, -0.05) is 0 Å². The number of morpholine rings is 1. The summed E-state index contributed by atoms with van der Waals surface area (Å²) < 4.78 is 42.4. The molecule has 0 unspecified atom stereocenters. The van der Waals surface area contributed by atoms with E-state index in [2.05, 4.69) is 18.7 Å². The van der Waals surface area contributed by atoms with E-state index in [1.807, 2.05) is 4.90 Å². The van der Waals surface area contributed by atoms with Crippen LogP contribution < -0.4 is 0 Å². The minimum Gasteiger partial charge on any atom is -0.373 e. The Morgan fingerprint density at radius 3 is 2.09 bits per heavy atom. The molecule has 0 amide bonds. The zero-order valence-corrected chi connectivity index (χ0v) is 13.7. The number of likely N-dealkylation sites (tertiary alicyclic amines) is 1. The zero-order chi connectivity index (χ0) is 16.2. The molecular formula is C16H29F3N2O. The number of halogens is 3. The van der Waals surface area contributed by atoms with E-state index in [-0.39, 0.29) is 6.54 Å². The van der Waals surface area contributed by atoms with Crippen LogP contribution in [0.5, 0.6) is 0 Å². The first-order valence-corrected chi connectivity index (χ1v) is 8.49. The Morgan fingerprint density at radius 1 is 0.955 bits per heavy atom. The quantitative estimate of drug-likeness (QED) is 0.773. The molecule has 0 radical (unpaired) electrons. The zero-order valence-electron chi connectivity index (χ0n) is 13.7. The molecule has 6 heteroatoms. The van der Waals surface area contributed by atoms with Crippen LogP contribution in [0.2, 0.25) is 0 Å². The second-order valence-electron chi connectivity index (χ2n) is 6.96. The maximum absolute atomic E-state index is 12.2. The van der Waals surface area contributed by atoms with E-state index < -0.39 is 12.6 Å². The number of ether oxygens (including phenoxy) is 1. The van der Waals surface area contributed by atoms with Crippen molar-refractivity contribution in [2.24, 2.45) is 5.92 Å². The smallest absolute Gasteiger partial charge is 0.373 e. The minimum absolute atomic E-state index is 0.161. The summed E-state index contributed by atoms with van der Waals surface area (Å²) in [5, 5.41) is 0. The third kappa shape index (κ3) is 6.42. The molecule has 0 aromatic heterocycles. The number of rotatable bonds is 5. The monoisotopic (exact) mass is 322 g/mol. The lowest BCUT2D eigenvalue weighted by Crippen LogP contribution is -2.46. The molecule has 2 heterocycles. The van der Waals surface area contributed by atoms with Gasteiger partial charge in [0.1, 0.15) is 0 Å². The average Bonchev–Trinajstić information content (AvgIpc) is 2.42. The highest BCUT2D eigenvalue weighted by atomic mass is 19.4. The lowest BCUT2D eigenvalue weighted by atomic mass is 9.93. The van der Waals surface area contributed by atoms with Gasteiger partial charge in [-0.2, -0.15) is 13.2 Å². The van der Waals surface area contributed by atoms with Crippen LogP contribution in [-0.4, -0.2) is 67.5 Å². The summed E-state index contributed by atoms with van der Waals surface area (Å²) in [6.45, 7) is 9.10. The lowest BCUT2D eigenvalue weighted by Gasteiger charge is -2.37. The van der Waals surface area contributed by atoms with Crippen LogP contribution in [0.25, 0.3) is 0 Å². The molecule has 0 aromatic carbocycles. The van der Waals surface area contributed by atoms with Crippen molar-refractivity contribution in [3.63, 3.8) is 0 Å². The maximum atomic E-state index is 12.2. The fourth-order valence-electron chi connectivity index (χ4n) is 3.62. The van der Waals surface area contributed by atoms with Gasteiger partial charge in [0.15, 0.2) is 0 Å². The van der Waals surface area contributed by atoms with Gasteiger partial charge in [0.25, 0.3) is 0 Å². The minimum atomic E-state index is -4.03. The molecule has 0 aromatic rings. The molecule has 0 N–H and O–H groups in total. The number of hydrogen-bond donors (Lipinski definition) is 0. The molecule has 2 fully saturated rings. The number of alkyl halides is 3. The number of piperidine rings is 1. The summed E-state index contributed by atoms with van der Waals surface area (Å²) in [6, 6.07) is 0. The molecule has 0 aliphatic carbocycles. The normalized spacial score (nSPS) is 29.9. The predicted molar refractivity (Wildman–Crippen MR) is 80.9 cm³/mol. The van der Waals surface area contributed by atoms with Crippen molar-refractivity contribution >= 4 is 0 Å². The number of hydrogen-bond acceptors (Lipinski definition) is 3. The highest BCUT2D eigenvalue weighted by Crippen LogP contribution is 2.24. The van der Waals surface area contributed by atoms with Gasteiger partial charge in [0.05, 0.1) is 18.6 Å². The van der Waals surface area contributed by atoms with E-state index in [9.17, 15) is 13.2 Å². The van der Waals surface area contributed by atoms with Gasteiger partial charge < -0.3 is 9.64 Å². The van der Waals surface area contributed by atoms with Gasteiger partial charge in [0, 0.05) is 19.6 Å². The van der Waals surface area contributed by atoms with Crippen molar-refractivity contribution in [2.45, 2.75) is 57.9 Å². The van der Waals surface area contributed by atoms with Crippen molar-refractivity contribution in [2.75, 3.05) is 39.3 Å². The summed E-state index contributed by atoms with van der Waals surface area (Å²) in [5.41, 5.74) is 0. The molecule has 0 saturated carbocycles. The molecule has 2 saturated heterocycles. The summed E-state index contributed by atoms with van der Waals surface area (Å²) in [4.78, 5) is 4.43. The molecule has 3 nitrogen and oxygen atoms in total. The SMILES string of the molecule is C[C@H]1CN(CCC2CCN(CCC(F)(F)F)CC2)C[C@H](C)O1. The van der Waals surface area contributed by atoms with Crippen LogP contribution in [0.1, 0.15) is 39.5 Å². The molecule has 130 valence electrons. The van der Waals surface area contributed by atoms with Crippen molar-refractivity contribution in [1.82, 2.24) is 9.80 Å². The summed E-state index contributed by atoms with van der Waals surface area (Å²) in [6.07, 6.45) is -0.879. The van der Waals surface area contributed by atoms with Crippen molar-refractivity contribution < 1.29 is 17.9 Å². The first-order chi connectivity index (χ1) is 10.3. The molecule has 0 spiro atoms. The molecule has 2 aliphatic heterocycles. The van der Waals surface area contributed by atoms with E-state index in [1.165, 1.54) is 0 Å². The Hall–Kier alpha value is -0.330. The van der Waals surface area contributed by atoms with Crippen molar-refractivity contribution in [1.29, 1.82) is 0 Å². The van der Waals surface area contributed by atoms with Gasteiger partial charge >= 0.3 is 6.18 Å². The fourth-order valence-corrected chi connectivity index (χ4v) is 3.62. The number of nitrogens with zero attached hydrogens (tertiary/aromatic N) is 2. The van der Waals surface area contributed by atoms with Crippen LogP contribution in [-0.2, 0) is 4.74 Å². The molecule has 22 heavy (non-hydrogen) atoms. The van der Waals surface area contributed by atoms with Gasteiger partial charge in [-0.15, -0.1) is 0 Å². The van der Waals surface area contributed by atoms with Crippen LogP contribution in [0, 0.1) is 5.92 Å². The first-order valence-electron chi connectivity index (χ1n) is 8.49. The third-order valence-corrected chi connectivity index (χ3v) is 4.77. The standard InChI is InChI=1S/C16H29F3N2O/c1-13-11-21(12-14(2)22-13)9-5-15-3-7-20(8-4-15)10-6-16(17,18)19/h13-15H,3-12H2,1-2H3/t13-,14-/m0/s1. The summed E-state index contributed by atoms with van der Waals surface area (Å²) in [7, 11) is 0. The summed E-state index contributed by atoms with van der Waals surface area (Å²) >= 11 is 0. The van der Waals surface area contributed by atoms with Gasteiger partial charge in [-0.3, -0.25) is 4.90 Å². The van der Waals surface area contributed by atoms with E-state index in [0.717, 1.165) is 52.0 Å². The van der Waals surface area contributed by atoms with Gasteiger partial charge in [0.2, 0.25) is 0 Å². The third-order valence-electron chi connectivity index (χ3n) is 4.77. The summed E-state index contributed by atoms with van der Waals surface area (Å²) in [5.74, 6) is 0.663. The fraction of sp³-hybridized carbons (Fsp3) is 1.00. The highest BCUT2D eigenvalue weighted by molar-refractivity contribution is 4.77. The van der Waals surface area contributed by atoms with Gasteiger partial charge in [-0.05, 0) is 58.7 Å². The predicted octanol–water partition coefficient (Wildman–Crippen LogP) is 3.15. The Morgan fingerprint density at radius 2 is 1.55 bits per heavy atom. The van der Waals surface area contributed by atoms with E-state index in [1.54, 1.807) is 0 Å². The Kier molecular flexibility index (Phi) is 6.53. The molecule has 2 aliphatic rings. The van der Waals surface area contributed by atoms with Crippen LogP contribution in [0.3, 0.4) is 0 Å². The van der Waals surface area contributed by atoms with E-state index >= 15 is 0 Å². The molecule has 0 bridgehead atoms. The Labute approximate surface area is 131 Å². The second kappa shape index (κ2) is 7.97. The van der Waals surface area contributed by atoms with Crippen molar-refractivity contribution in [3.8, 4) is 0 Å². The molecule has 2 rings (SSSR count). The van der Waals surface area contributed by atoms with E-state index in [4.69, 9.17) is 4.74 Å². The van der Waals surface area contributed by atoms with Gasteiger partial charge in [-0.25, -0.2) is 0 Å². The lowest BCUT2D eigenvalue weighted by molar-refractivity contribution is -0.138. The maximum Gasteiger partial charge on any atom is 0.390 e. The Balaban J connectivity index is 1.61. The first kappa shape index (κ1) is 18.0. The van der Waals surface area contributed by atoms with Crippen LogP contribution in [0.4, 0.5) is 13.2 Å². The topological polar surface area (TPSA) is 15.7 Å². The highest BCUT2D eigenvalue weighted by Gasteiger charge is 2.29. The Bertz CT molecular complexity index is 320. The van der Waals surface area contributed by atoms with Crippen LogP contribution in [0.15, 0.2) is 0 Å². The molecular weight excluding hydrogens is 293 g/mol. The van der Waals surface area contributed by atoms with Crippen molar-refractivity contribution in [3.05, 3.63) is 0 Å². The molecule has 2 atom stereocenters. The second-order valence-corrected chi connectivity index (χ2v) is 6.96. The van der Waals surface area contributed by atoms with E-state index in [0.29, 0.717) is 18.1 Å². The van der Waals surface area contributed by atoms with Crippen LogP contribution >= 0.6 is 0 Å². The largest absolute Gasteiger partial charge is 0.390 e. The average molecular weight is 322 g/mol.